The molecule has 1 aliphatic heterocycles. The van der Waals surface area contributed by atoms with E-state index in [4.69, 9.17) is 18.9 Å². The lowest BCUT2D eigenvalue weighted by molar-refractivity contribution is -0.122. The molecule has 196 valence electrons. The van der Waals surface area contributed by atoms with Crippen molar-refractivity contribution in [1.29, 1.82) is 0 Å². The molecule has 0 unspecified atom stereocenters. The molecule has 0 aliphatic carbocycles. The molecule has 4 amide bonds. The number of barbiturate groups is 1. The normalized spacial score (nSPS) is 14.3. The number of nitrogens with zero attached hydrogens (tertiary/aromatic N) is 1. The number of benzene rings is 3. The number of aryl methyl sites for hydroxylation is 1. The third kappa shape index (κ3) is 5.95. The fourth-order valence-corrected chi connectivity index (χ4v) is 3.80. The molecular formula is C29H28N2O7. The predicted octanol–water partition coefficient (Wildman–Crippen LogP) is 4.53. The third-order valence-corrected chi connectivity index (χ3v) is 5.64. The van der Waals surface area contributed by atoms with Crippen LogP contribution in [-0.4, -0.2) is 44.8 Å². The molecule has 0 radical (unpaired) electrons. The van der Waals surface area contributed by atoms with Gasteiger partial charge in [-0.2, -0.15) is 0 Å². The molecule has 0 aromatic heterocycles. The maximum absolute atomic E-state index is 13.1. The zero-order valence-electron chi connectivity index (χ0n) is 21.4. The van der Waals surface area contributed by atoms with Crippen molar-refractivity contribution in [2.24, 2.45) is 0 Å². The minimum Gasteiger partial charge on any atom is -0.493 e. The smallest absolute Gasteiger partial charge is 0.335 e. The molecule has 0 bridgehead atoms. The molecule has 3 aromatic rings. The van der Waals surface area contributed by atoms with Crippen LogP contribution in [0.2, 0.25) is 0 Å². The van der Waals surface area contributed by atoms with Crippen molar-refractivity contribution >= 4 is 29.6 Å². The number of hydrogen-bond acceptors (Lipinski definition) is 7. The quantitative estimate of drug-likeness (QED) is 0.240. The number of imide groups is 2. The van der Waals surface area contributed by atoms with Gasteiger partial charge in [-0.3, -0.25) is 14.9 Å². The summed E-state index contributed by atoms with van der Waals surface area (Å²) in [6.07, 6.45) is 1.42. The van der Waals surface area contributed by atoms with Crippen LogP contribution < -0.4 is 29.2 Å². The number of urea groups is 1. The lowest BCUT2D eigenvalue weighted by atomic mass is 10.1. The minimum absolute atomic E-state index is 0.175. The first kappa shape index (κ1) is 26.3. The van der Waals surface area contributed by atoms with Crippen molar-refractivity contribution in [2.45, 2.75) is 13.8 Å². The van der Waals surface area contributed by atoms with Gasteiger partial charge >= 0.3 is 6.03 Å². The largest absolute Gasteiger partial charge is 0.493 e. The molecule has 9 nitrogen and oxygen atoms in total. The van der Waals surface area contributed by atoms with E-state index in [-0.39, 0.29) is 18.8 Å². The van der Waals surface area contributed by atoms with E-state index in [1.54, 1.807) is 49.6 Å². The Hall–Kier alpha value is -4.79. The molecule has 9 heteroatoms. The van der Waals surface area contributed by atoms with Gasteiger partial charge in [-0.1, -0.05) is 35.9 Å². The summed E-state index contributed by atoms with van der Waals surface area (Å²) in [6.45, 7) is 4.63. The average Bonchev–Trinajstić information content (AvgIpc) is 2.91. The molecule has 1 fully saturated rings. The van der Waals surface area contributed by atoms with Crippen LogP contribution in [0.4, 0.5) is 10.5 Å². The van der Waals surface area contributed by atoms with Crippen molar-refractivity contribution < 1.29 is 33.3 Å². The number of ether oxygens (including phenoxy) is 4. The number of carbonyl (C=O) groups excluding carboxylic acids is 3. The predicted molar refractivity (Wildman–Crippen MR) is 142 cm³/mol. The van der Waals surface area contributed by atoms with Gasteiger partial charge in [0.2, 0.25) is 0 Å². The SMILES string of the molecule is CCOc1cc(/C=C2\C(=O)NC(=O)N(c3ccc(C)cc3)C2=O)ccc1OCCOc1ccccc1OC. The second-order valence-corrected chi connectivity index (χ2v) is 8.28. The van der Waals surface area contributed by atoms with E-state index < -0.39 is 17.8 Å². The minimum atomic E-state index is -0.796. The Labute approximate surface area is 220 Å². The Morgan fingerprint density at radius 3 is 2.13 bits per heavy atom. The number of rotatable bonds is 10. The standard InChI is InChI=1S/C29H28N2O7/c1-4-36-26-18-20(11-14-25(26)38-16-15-37-24-8-6-5-7-23(24)35-3)17-22-27(32)30-29(34)31(28(22)33)21-12-9-19(2)10-13-21/h5-14,17-18H,4,15-16H2,1-3H3,(H,30,32,34)/b22-17+. The number of amides is 4. The highest BCUT2D eigenvalue weighted by Gasteiger charge is 2.36. The maximum Gasteiger partial charge on any atom is 0.335 e. The summed E-state index contributed by atoms with van der Waals surface area (Å²) in [7, 11) is 1.58. The molecular weight excluding hydrogens is 488 g/mol. The number of anilines is 1. The first-order chi connectivity index (χ1) is 18.4. The number of carbonyl (C=O) groups is 3. The Morgan fingerprint density at radius 2 is 1.47 bits per heavy atom. The van der Waals surface area contributed by atoms with Gasteiger partial charge in [0.25, 0.3) is 11.8 Å². The molecule has 1 heterocycles. The topological polar surface area (TPSA) is 103 Å². The monoisotopic (exact) mass is 516 g/mol. The average molecular weight is 517 g/mol. The van der Waals surface area contributed by atoms with Crippen LogP contribution in [0.25, 0.3) is 6.08 Å². The first-order valence-corrected chi connectivity index (χ1v) is 12.0. The van der Waals surface area contributed by atoms with Crippen LogP contribution in [0.1, 0.15) is 18.1 Å². The van der Waals surface area contributed by atoms with Crippen LogP contribution in [0.3, 0.4) is 0 Å². The van der Waals surface area contributed by atoms with E-state index in [1.165, 1.54) is 6.08 Å². The summed E-state index contributed by atoms with van der Waals surface area (Å²) in [6, 6.07) is 18.4. The van der Waals surface area contributed by atoms with Crippen molar-refractivity contribution in [3.05, 3.63) is 83.4 Å². The molecule has 3 aromatic carbocycles. The second-order valence-electron chi connectivity index (χ2n) is 8.28. The van der Waals surface area contributed by atoms with Gasteiger partial charge in [0.05, 0.1) is 19.4 Å². The Morgan fingerprint density at radius 1 is 0.816 bits per heavy atom. The van der Waals surface area contributed by atoms with Crippen molar-refractivity contribution in [1.82, 2.24) is 5.32 Å². The summed E-state index contributed by atoms with van der Waals surface area (Å²) in [5, 5.41) is 2.23. The number of nitrogens with one attached hydrogen (secondary N) is 1. The highest BCUT2D eigenvalue weighted by molar-refractivity contribution is 6.39. The zero-order chi connectivity index (χ0) is 27.1. The van der Waals surface area contributed by atoms with E-state index in [0.717, 1.165) is 10.5 Å². The van der Waals surface area contributed by atoms with Gasteiger partial charge in [0, 0.05) is 0 Å². The maximum atomic E-state index is 13.1. The second kappa shape index (κ2) is 12.0. The van der Waals surface area contributed by atoms with E-state index in [9.17, 15) is 14.4 Å². The van der Waals surface area contributed by atoms with Crippen molar-refractivity contribution in [2.75, 3.05) is 31.8 Å². The summed E-state index contributed by atoms with van der Waals surface area (Å²) in [4.78, 5) is 39.1. The summed E-state index contributed by atoms with van der Waals surface area (Å²) in [5.74, 6) is 0.676. The van der Waals surface area contributed by atoms with Gasteiger partial charge in [-0.25, -0.2) is 9.69 Å². The molecule has 4 rings (SSSR count). The van der Waals surface area contributed by atoms with Crippen molar-refractivity contribution in [3.63, 3.8) is 0 Å². The lowest BCUT2D eigenvalue weighted by Gasteiger charge is -2.26. The number of hydrogen-bond donors (Lipinski definition) is 1. The van der Waals surface area contributed by atoms with Gasteiger partial charge < -0.3 is 18.9 Å². The van der Waals surface area contributed by atoms with E-state index in [0.29, 0.717) is 40.9 Å². The lowest BCUT2D eigenvalue weighted by Crippen LogP contribution is -2.54. The molecule has 38 heavy (non-hydrogen) atoms. The van der Waals surface area contributed by atoms with Crippen LogP contribution >= 0.6 is 0 Å². The number of para-hydroxylation sites is 2. The van der Waals surface area contributed by atoms with Crippen LogP contribution in [0.5, 0.6) is 23.0 Å². The Bertz CT molecular complexity index is 1370. The molecule has 1 saturated heterocycles. The Balaban J connectivity index is 1.50. The fourth-order valence-electron chi connectivity index (χ4n) is 3.80. The molecule has 1 aliphatic rings. The molecule has 0 spiro atoms. The highest BCUT2D eigenvalue weighted by Crippen LogP contribution is 2.31. The van der Waals surface area contributed by atoms with Gasteiger partial charge in [0.1, 0.15) is 18.8 Å². The van der Waals surface area contributed by atoms with E-state index >= 15 is 0 Å². The van der Waals surface area contributed by atoms with Crippen LogP contribution in [0.15, 0.2) is 72.3 Å². The molecule has 0 saturated carbocycles. The zero-order valence-corrected chi connectivity index (χ0v) is 21.4. The van der Waals surface area contributed by atoms with Gasteiger partial charge in [0.15, 0.2) is 23.0 Å². The van der Waals surface area contributed by atoms with Crippen molar-refractivity contribution in [3.8, 4) is 23.0 Å². The van der Waals surface area contributed by atoms with Gasteiger partial charge in [-0.15, -0.1) is 0 Å². The molecule has 1 N–H and O–H groups in total. The van der Waals surface area contributed by atoms with E-state index in [2.05, 4.69) is 5.32 Å². The van der Waals surface area contributed by atoms with E-state index in [1.807, 2.05) is 38.1 Å². The van der Waals surface area contributed by atoms with Gasteiger partial charge in [-0.05, 0) is 61.9 Å². The van der Waals surface area contributed by atoms with Crippen LogP contribution in [-0.2, 0) is 9.59 Å². The summed E-state index contributed by atoms with van der Waals surface area (Å²) >= 11 is 0. The molecule has 0 atom stereocenters. The highest BCUT2D eigenvalue weighted by atomic mass is 16.5. The van der Waals surface area contributed by atoms with Crippen LogP contribution in [0, 0.1) is 6.92 Å². The fraction of sp³-hybridized carbons (Fsp3) is 0.207. The summed E-state index contributed by atoms with van der Waals surface area (Å²) < 4.78 is 22.6. The number of methoxy groups -OCH3 is 1. The summed E-state index contributed by atoms with van der Waals surface area (Å²) in [5.41, 5.74) is 1.70. The third-order valence-electron chi connectivity index (χ3n) is 5.64. The Kier molecular flexibility index (Phi) is 8.27. The first-order valence-electron chi connectivity index (χ1n) is 12.0.